The maximum atomic E-state index is 11.4. The van der Waals surface area contributed by atoms with E-state index in [0.717, 1.165) is 11.3 Å². The molecule has 6 nitrogen and oxygen atoms in total. The van der Waals surface area contributed by atoms with E-state index in [4.69, 9.17) is 14.2 Å². The minimum Gasteiger partial charge on any atom is -0.482 e. The van der Waals surface area contributed by atoms with Gasteiger partial charge in [0.25, 0.3) is 5.91 Å². The van der Waals surface area contributed by atoms with E-state index in [2.05, 4.69) is 17.6 Å². The number of ether oxygens (including phenoxy) is 3. The molecule has 0 saturated carbocycles. The summed E-state index contributed by atoms with van der Waals surface area (Å²) in [6.45, 7) is 3.37. The monoisotopic (exact) mass is 294 g/mol. The quantitative estimate of drug-likeness (QED) is 0.794. The van der Waals surface area contributed by atoms with E-state index in [1.165, 1.54) is 0 Å². The number of anilines is 1. The number of hydrogen-bond acceptors (Lipinski definition) is 5. The van der Waals surface area contributed by atoms with Gasteiger partial charge in [0.1, 0.15) is 5.75 Å². The fraction of sp³-hybridized carbons (Fsp3) is 0.533. The van der Waals surface area contributed by atoms with Gasteiger partial charge in [-0.1, -0.05) is 6.07 Å². The first-order valence-electron chi connectivity index (χ1n) is 6.95. The molecule has 0 aliphatic carbocycles. The Labute approximate surface area is 124 Å². The lowest BCUT2D eigenvalue weighted by atomic mass is 10.1. The van der Waals surface area contributed by atoms with E-state index >= 15 is 0 Å². The molecule has 0 bridgehead atoms. The Morgan fingerprint density at radius 2 is 2.24 bits per heavy atom. The maximum absolute atomic E-state index is 11.4. The van der Waals surface area contributed by atoms with Crippen LogP contribution in [0.1, 0.15) is 18.5 Å². The summed E-state index contributed by atoms with van der Waals surface area (Å²) in [5, 5.41) is 6.21. The molecule has 0 saturated heterocycles. The van der Waals surface area contributed by atoms with Crippen LogP contribution < -0.4 is 15.4 Å². The Morgan fingerprint density at radius 3 is 2.95 bits per heavy atom. The third-order valence-electron chi connectivity index (χ3n) is 3.47. The number of rotatable bonds is 7. The van der Waals surface area contributed by atoms with E-state index < -0.39 is 0 Å². The Balaban J connectivity index is 1.98. The average Bonchev–Trinajstić information content (AvgIpc) is 2.50. The van der Waals surface area contributed by atoms with Crippen molar-refractivity contribution in [2.45, 2.75) is 19.1 Å². The summed E-state index contributed by atoms with van der Waals surface area (Å²) < 4.78 is 15.8. The minimum absolute atomic E-state index is 0.0121. The highest BCUT2D eigenvalue weighted by atomic mass is 16.5. The third-order valence-corrected chi connectivity index (χ3v) is 3.47. The number of amides is 1. The zero-order valence-corrected chi connectivity index (χ0v) is 12.6. The van der Waals surface area contributed by atoms with Gasteiger partial charge in [-0.25, -0.2) is 0 Å². The number of benzene rings is 1. The smallest absolute Gasteiger partial charge is 0.262 e. The van der Waals surface area contributed by atoms with Crippen LogP contribution in [0.15, 0.2) is 18.2 Å². The lowest BCUT2D eigenvalue weighted by molar-refractivity contribution is -0.118. The molecule has 0 radical (unpaired) electrons. The van der Waals surface area contributed by atoms with Crippen molar-refractivity contribution in [1.29, 1.82) is 0 Å². The van der Waals surface area contributed by atoms with E-state index in [1.54, 1.807) is 14.2 Å². The number of carbonyl (C=O) groups excluding carboxylic acids is 1. The molecule has 1 heterocycles. The van der Waals surface area contributed by atoms with Gasteiger partial charge >= 0.3 is 0 Å². The fourth-order valence-electron chi connectivity index (χ4n) is 2.19. The van der Waals surface area contributed by atoms with Crippen molar-refractivity contribution in [3.8, 4) is 5.75 Å². The molecule has 0 fully saturated rings. The number of carbonyl (C=O) groups is 1. The van der Waals surface area contributed by atoms with Crippen molar-refractivity contribution in [3.63, 3.8) is 0 Å². The van der Waals surface area contributed by atoms with Gasteiger partial charge in [0.15, 0.2) is 6.61 Å². The summed E-state index contributed by atoms with van der Waals surface area (Å²) in [6.07, 6.45) is 0.0121. The third kappa shape index (κ3) is 4.17. The zero-order chi connectivity index (χ0) is 15.2. The van der Waals surface area contributed by atoms with Gasteiger partial charge in [-0.15, -0.1) is 0 Å². The predicted octanol–water partition coefficient (Wildman–Crippen LogP) is 1.33. The van der Waals surface area contributed by atoms with Crippen LogP contribution in [0.5, 0.6) is 5.75 Å². The second kappa shape index (κ2) is 7.40. The number of nitrogens with one attached hydrogen (secondary N) is 2. The van der Waals surface area contributed by atoms with Crippen molar-refractivity contribution in [2.24, 2.45) is 0 Å². The van der Waals surface area contributed by atoms with E-state index in [9.17, 15) is 4.79 Å². The highest BCUT2D eigenvalue weighted by Gasteiger charge is 2.18. The summed E-state index contributed by atoms with van der Waals surface area (Å²) in [5.41, 5.74) is 1.80. The summed E-state index contributed by atoms with van der Waals surface area (Å²) in [5.74, 6) is 0.583. The highest BCUT2D eigenvalue weighted by Crippen LogP contribution is 2.30. The van der Waals surface area contributed by atoms with E-state index in [1.807, 2.05) is 18.2 Å². The van der Waals surface area contributed by atoms with Crippen LogP contribution in [0, 0.1) is 0 Å². The topological polar surface area (TPSA) is 68.8 Å². The van der Waals surface area contributed by atoms with E-state index in [0.29, 0.717) is 18.9 Å². The summed E-state index contributed by atoms with van der Waals surface area (Å²) >= 11 is 0. The largest absolute Gasteiger partial charge is 0.482 e. The van der Waals surface area contributed by atoms with Crippen LogP contribution in [0.2, 0.25) is 0 Å². The molecule has 1 aliphatic heterocycles. The molecule has 1 amide bonds. The first kappa shape index (κ1) is 15.8. The molecule has 2 unspecified atom stereocenters. The second-order valence-electron chi connectivity index (χ2n) is 5.04. The van der Waals surface area contributed by atoms with Gasteiger partial charge in [0.05, 0.1) is 18.4 Å². The van der Waals surface area contributed by atoms with Gasteiger partial charge in [-0.2, -0.15) is 0 Å². The number of hydrogen-bond donors (Lipinski definition) is 2. The lowest BCUT2D eigenvalue weighted by Crippen LogP contribution is -2.33. The van der Waals surface area contributed by atoms with Crippen molar-refractivity contribution >= 4 is 11.6 Å². The molecule has 21 heavy (non-hydrogen) atoms. The molecular weight excluding hydrogens is 272 g/mol. The van der Waals surface area contributed by atoms with Crippen LogP contribution in [0.3, 0.4) is 0 Å². The molecule has 2 N–H and O–H groups in total. The Hall–Kier alpha value is -1.63. The highest BCUT2D eigenvalue weighted by molar-refractivity contribution is 5.95. The molecule has 1 aromatic rings. The summed E-state index contributed by atoms with van der Waals surface area (Å²) in [4.78, 5) is 11.4. The molecule has 1 aromatic carbocycles. The molecule has 6 heteroatoms. The molecule has 1 aliphatic rings. The van der Waals surface area contributed by atoms with E-state index in [-0.39, 0.29) is 24.7 Å². The summed E-state index contributed by atoms with van der Waals surface area (Å²) in [6, 6.07) is 5.93. The van der Waals surface area contributed by atoms with Crippen molar-refractivity contribution < 1.29 is 19.0 Å². The maximum Gasteiger partial charge on any atom is 0.262 e. The van der Waals surface area contributed by atoms with Gasteiger partial charge < -0.3 is 24.8 Å². The Kier molecular flexibility index (Phi) is 5.55. The molecule has 2 atom stereocenters. The second-order valence-corrected chi connectivity index (χ2v) is 5.04. The van der Waals surface area contributed by atoms with Crippen LogP contribution >= 0.6 is 0 Å². The predicted molar refractivity (Wildman–Crippen MR) is 79.7 cm³/mol. The lowest BCUT2D eigenvalue weighted by Gasteiger charge is -2.22. The SMILES string of the molecule is COCC(CNC(C)c1ccc2c(c1)NC(=O)CO2)OC. The zero-order valence-electron chi connectivity index (χ0n) is 12.6. The van der Waals surface area contributed by atoms with Crippen molar-refractivity contribution in [3.05, 3.63) is 23.8 Å². The molecule has 0 spiro atoms. The van der Waals surface area contributed by atoms with Crippen LogP contribution in [-0.2, 0) is 14.3 Å². The number of fused-ring (bicyclic) bond motifs is 1. The van der Waals surface area contributed by atoms with Crippen LogP contribution in [0.25, 0.3) is 0 Å². The number of methoxy groups -OCH3 is 2. The first-order chi connectivity index (χ1) is 10.1. The summed E-state index contributed by atoms with van der Waals surface area (Å²) in [7, 11) is 3.32. The first-order valence-corrected chi connectivity index (χ1v) is 6.95. The van der Waals surface area contributed by atoms with Crippen LogP contribution in [0.4, 0.5) is 5.69 Å². The van der Waals surface area contributed by atoms with Crippen molar-refractivity contribution in [1.82, 2.24) is 5.32 Å². The fourth-order valence-corrected chi connectivity index (χ4v) is 2.19. The van der Waals surface area contributed by atoms with Gasteiger partial charge in [0, 0.05) is 26.8 Å². The van der Waals surface area contributed by atoms with Crippen molar-refractivity contribution in [2.75, 3.05) is 39.3 Å². The molecular formula is C15H22N2O4. The standard InChI is InChI=1S/C15H22N2O4/c1-10(16-7-12(20-3)8-19-2)11-4-5-14-13(6-11)17-15(18)9-21-14/h4-6,10,12,16H,7-9H2,1-3H3,(H,17,18). The Morgan fingerprint density at radius 1 is 1.43 bits per heavy atom. The van der Waals surface area contributed by atoms with Gasteiger partial charge in [-0.05, 0) is 24.6 Å². The molecule has 2 rings (SSSR count). The molecule has 0 aromatic heterocycles. The minimum atomic E-state index is -0.125. The van der Waals surface area contributed by atoms with Gasteiger partial charge in [-0.3, -0.25) is 4.79 Å². The van der Waals surface area contributed by atoms with Crippen LogP contribution in [-0.4, -0.2) is 46.0 Å². The average molecular weight is 294 g/mol. The van der Waals surface area contributed by atoms with Gasteiger partial charge in [0.2, 0.25) is 0 Å². The molecule has 116 valence electrons. The normalized spacial score (nSPS) is 16.6. The Bertz CT molecular complexity index is 493.